The van der Waals surface area contributed by atoms with Crippen LogP contribution in [0.5, 0.6) is 0 Å². The van der Waals surface area contributed by atoms with E-state index in [1.165, 1.54) is 51.1 Å². The van der Waals surface area contributed by atoms with Crippen LogP contribution < -0.4 is 5.32 Å². The topological polar surface area (TPSA) is 32.6 Å². The summed E-state index contributed by atoms with van der Waals surface area (Å²) in [5.41, 5.74) is 1.20. The maximum absolute atomic E-state index is 4.71. The third-order valence-corrected chi connectivity index (χ3v) is 4.75. The van der Waals surface area contributed by atoms with E-state index in [9.17, 15) is 0 Å². The third kappa shape index (κ3) is 3.40. The standard InChI is InChI=1S/C15H24N4S/c1-2-6-18(10-13-4-3-5-16-9-13)11-14-12-19-7-8-20-15(19)17-14/h7-8,12-13,16H,2-6,9-11H2,1H3. The Balaban J connectivity index is 1.62. The van der Waals surface area contributed by atoms with Crippen molar-refractivity contribution in [3.8, 4) is 0 Å². The summed E-state index contributed by atoms with van der Waals surface area (Å²) < 4.78 is 2.13. The van der Waals surface area contributed by atoms with Gasteiger partial charge in [0.05, 0.1) is 5.69 Å². The van der Waals surface area contributed by atoms with Gasteiger partial charge in [-0.3, -0.25) is 9.30 Å². The highest BCUT2D eigenvalue weighted by Crippen LogP contribution is 2.16. The summed E-state index contributed by atoms with van der Waals surface area (Å²) in [7, 11) is 0. The van der Waals surface area contributed by atoms with Gasteiger partial charge in [0.2, 0.25) is 0 Å². The highest BCUT2D eigenvalue weighted by molar-refractivity contribution is 7.15. The van der Waals surface area contributed by atoms with Gasteiger partial charge < -0.3 is 5.32 Å². The summed E-state index contributed by atoms with van der Waals surface area (Å²) >= 11 is 1.71. The van der Waals surface area contributed by atoms with Gasteiger partial charge in [0.1, 0.15) is 0 Å². The number of piperidine rings is 1. The summed E-state index contributed by atoms with van der Waals surface area (Å²) in [5, 5.41) is 5.61. The van der Waals surface area contributed by atoms with E-state index in [0.29, 0.717) is 0 Å². The molecular formula is C15H24N4S. The van der Waals surface area contributed by atoms with E-state index < -0.39 is 0 Å². The predicted octanol–water partition coefficient (Wildman–Crippen LogP) is 2.61. The molecule has 5 heteroatoms. The second-order valence-electron chi connectivity index (χ2n) is 5.77. The number of hydrogen-bond donors (Lipinski definition) is 1. The Kier molecular flexibility index (Phi) is 4.70. The van der Waals surface area contributed by atoms with Crippen molar-refractivity contribution < 1.29 is 0 Å². The minimum absolute atomic E-state index is 0.805. The smallest absolute Gasteiger partial charge is 0.193 e. The molecule has 20 heavy (non-hydrogen) atoms. The first-order chi connectivity index (χ1) is 9.85. The molecule has 1 aliphatic heterocycles. The molecule has 0 amide bonds. The molecule has 1 atom stereocenters. The van der Waals surface area contributed by atoms with E-state index in [4.69, 9.17) is 4.98 Å². The van der Waals surface area contributed by atoms with E-state index in [1.807, 2.05) is 0 Å². The second-order valence-corrected chi connectivity index (χ2v) is 6.65. The summed E-state index contributed by atoms with van der Waals surface area (Å²) in [5.74, 6) is 0.805. The SMILES string of the molecule is CCCN(Cc1cn2ccsc2n1)CC1CCCNC1. The molecule has 2 aromatic rings. The number of fused-ring (bicyclic) bond motifs is 1. The second kappa shape index (κ2) is 6.70. The van der Waals surface area contributed by atoms with Crippen LogP contribution in [0.2, 0.25) is 0 Å². The predicted molar refractivity (Wildman–Crippen MR) is 84.2 cm³/mol. The molecule has 0 aromatic carbocycles. The molecule has 2 aromatic heterocycles. The van der Waals surface area contributed by atoms with Crippen LogP contribution in [0.3, 0.4) is 0 Å². The van der Waals surface area contributed by atoms with Crippen molar-refractivity contribution in [1.82, 2.24) is 19.6 Å². The lowest BCUT2D eigenvalue weighted by Gasteiger charge is -2.29. The fourth-order valence-electron chi connectivity index (χ4n) is 3.08. The van der Waals surface area contributed by atoms with Crippen LogP contribution in [-0.2, 0) is 6.54 Å². The highest BCUT2D eigenvalue weighted by Gasteiger charge is 2.17. The zero-order valence-electron chi connectivity index (χ0n) is 12.2. The quantitative estimate of drug-likeness (QED) is 0.888. The molecule has 0 saturated carbocycles. The maximum Gasteiger partial charge on any atom is 0.193 e. The number of nitrogens with zero attached hydrogens (tertiary/aromatic N) is 3. The van der Waals surface area contributed by atoms with Gasteiger partial charge in [0.15, 0.2) is 4.96 Å². The first-order valence-corrected chi connectivity index (χ1v) is 8.57. The van der Waals surface area contributed by atoms with Crippen LogP contribution in [0, 0.1) is 5.92 Å². The van der Waals surface area contributed by atoms with Gasteiger partial charge in [-0.1, -0.05) is 6.92 Å². The number of thiazole rings is 1. The molecule has 1 saturated heterocycles. The van der Waals surface area contributed by atoms with E-state index in [1.54, 1.807) is 11.3 Å². The monoisotopic (exact) mass is 292 g/mol. The average molecular weight is 292 g/mol. The number of nitrogens with one attached hydrogen (secondary N) is 1. The molecule has 110 valence electrons. The first kappa shape index (κ1) is 14.0. The lowest BCUT2D eigenvalue weighted by Crippen LogP contribution is -2.38. The number of aromatic nitrogens is 2. The van der Waals surface area contributed by atoms with E-state index in [0.717, 1.165) is 17.4 Å². The van der Waals surface area contributed by atoms with Gasteiger partial charge in [-0.2, -0.15) is 0 Å². The molecule has 1 N–H and O–H groups in total. The molecule has 0 spiro atoms. The van der Waals surface area contributed by atoms with Crippen molar-refractivity contribution in [3.63, 3.8) is 0 Å². The normalized spacial score (nSPS) is 20.0. The van der Waals surface area contributed by atoms with Crippen molar-refractivity contribution in [2.24, 2.45) is 5.92 Å². The average Bonchev–Trinajstić information content (AvgIpc) is 3.01. The summed E-state index contributed by atoms with van der Waals surface area (Å²) in [4.78, 5) is 8.39. The van der Waals surface area contributed by atoms with Crippen molar-refractivity contribution in [3.05, 3.63) is 23.5 Å². The molecule has 1 fully saturated rings. The molecule has 3 rings (SSSR count). The largest absolute Gasteiger partial charge is 0.316 e. The van der Waals surface area contributed by atoms with Crippen LogP contribution in [-0.4, -0.2) is 40.5 Å². The van der Waals surface area contributed by atoms with Crippen LogP contribution in [0.25, 0.3) is 4.96 Å². The van der Waals surface area contributed by atoms with E-state index in [2.05, 4.69) is 39.3 Å². The molecule has 0 bridgehead atoms. The van der Waals surface area contributed by atoms with Gasteiger partial charge in [-0.25, -0.2) is 4.98 Å². The Morgan fingerprint density at radius 2 is 2.50 bits per heavy atom. The van der Waals surface area contributed by atoms with Crippen molar-refractivity contribution in [1.29, 1.82) is 0 Å². The summed E-state index contributed by atoms with van der Waals surface area (Å²) in [6.07, 6.45) is 8.16. The lowest BCUT2D eigenvalue weighted by molar-refractivity contribution is 0.200. The molecule has 1 aliphatic rings. The van der Waals surface area contributed by atoms with Gasteiger partial charge in [0.25, 0.3) is 0 Å². The molecule has 0 radical (unpaired) electrons. The minimum atomic E-state index is 0.805. The Hall–Kier alpha value is -0.910. The van der Waals surface area contributed by atoms with Gasteiger partial charge in [-0.15, -0.1) is 11.3 Å². The number of imidazole rings is 1. The third-order valence-electron chi connectivity index (χ3n) is 3.98. The number of rotatable bonds is 6. The van der Waals surface area contributed by atoms with Gasteiger partial charge in [-0.05, 0) is 44.8 Å². The Labute approximate surface area is 124 Å². The fourth-order valence-corrected chi connectivity index (χ4v) is 3.80. The Morgan fingerprint density at radius 3 is 3.25 bits per heavy atom. The van der Waals surface area contributed by atoms with Crippen LogP contribution >= 0.6 is 11.3 Å². The van der Waals surface area contributed by atoms with Crippen LogP contribution in [0.15, 0.2) is 17.8 Å². The molecular weight excluding hydrogens is 268 g/mol. The lowest BCUT2D eigenvalue weighted by atomic mass is 9.99. The van der Waals surface area contributed by atoms with E-state index in [-0.39, 0.29) is 0 Å². The maximum atomic E-state index is 4.71. The van der Waals surface area contributed by atoms with Crippen molar-refractivity contribution >= 4 is 16.3 Å². The molecule has 4 nitrogen and oxygen atoms in total. The Morgan fingerprint density at radius 1 is 1.55 bits per heavy atom. The first-order valence-electron chi connectivity index (χ1n) is 7.69. The molecule has 3 heterocycles. The minimum Gasteiger partial charge on any atom is -0.316 e. The van der Waals surface area contributed by atoms with Crippen LogP contribution in [0.1, 0.15) is 31.9 Å². The zero-order valence-corrected chi connectivity index (χ0v) is 13.0. The Bertz CT molecular complexity index is 498. The zero-order chi connectivity index (χ0) is 13.8. The number of hydrogen-bond acceptors (Lipinski definition) is 4. The van der Waals surface area contributed by atoms with Crippen molar-refractivity contribution in [2.75, 3.05) is 26.2 Å². The van der Waals surface area contributed by atoms with Gasteiger partial charge in [0, 0.05) is 30.9 Å². The highest BCUT2D eigenvalue weighted by atomic mass is 32.1. The molecule has 0 aliphatic carbocycles. The van der Waals surface area contributed by atoms with Gasteiger partial charge >= 0.3 is 0 Å². The molecule has 1 unspecified atom stereocenters. The van der Waals surface area contributed by atoms with Crippen molar-refractivity contribution in [2.45, 2.75) is 32.7 Å². The van der Waals surface area contributed by atoms with Crippen LogP contribution in [0.4, 0.5) is 0 Å². The summed E-state index contributed by atoms with van der Waals surface area (Å²) in [6.45, 7) is 7.99. The fraction of sp³-hybridized carbons (Fsp3) is 0.667. The van der Waals surface area contributed by atoms with E-state index >= 15 is 0 Å². The summed E-state index contributed by atoms with van der Waals surface area (Å²) in [6, 6.07) is 0.